The van der Waals surface area contributed by atoms with Crippen LogP contribution < -0.4 is 5.32 Å². The van der Waals surface area contributed by atoms with E-state index in [1.807, 2.05) is 6.92 Å². The van der Waals surface area contributed by atoms with E-state index in [0.29, 0.717) is 28.7 Å². The Morgan fingerprint density at radius 1 is 1.28 bits per heavy atom. The molecule has 150 valence electrons. The summed E-state index contributed by atoms with van der Waals surface area (Å²) in [6.07, 6.45) is 4.39. The third-order valence-corrected chi connectivity index (χ3v) is 4.64. The molecule has 0 aliphatic rings. The summed E-state index contributed by atoms with van der Waals surface area (Å²) in [6.45, 7) is 2.39. The molecule has 0 bridgehead atoms. The molecule has 29 heavy (non-hydrogen) atoms. The highest BCUT2D eigenvalue weighted by molar-refractivity contribution is 6.30. The van der Waals surface area contributed by atoms with Crippen LogP contribution in [0.25, 0.3) is 11.3 Å². The van der Waals surface area contributed by atoms with Gasteiger partial charge in [0.2, 0.25) is 0 Å². The topological polar surface area (TPSA) is 84.3 Å². The number of nitrogens with zero attached hydrogens (tertiary/aromatic N) is 2. The molecule has 0 fully saturated rings. The number of halogens is 2. The van der Waals surface area contributed by atoms with Crippen molar-refractivity contribution >= 4 is 28.9 Å². The van der Waals surface area contributed by atoms with Gasteiger partial charge in [-0.25, -0.2) is 9.18 Å². The smallest absolute Gasteiger partial charge is 0.339 e. The van der Waals surface area contributed by atoms with E-state index in [2.05, 4.69) is 15.3 Å². The molecule has 0 amide bonds. The number of ether oxygens (including phenoxy) is 1. The maximum Gasteiger partial charge on any atom is 0.339 e. The Hall–Kier alpha value is -3.03. The van der Waals surface area contributed by atoms with Gasteiger partial charge < -0.3 is 15.2 Å². The van der Waals surface area contributed by atoms with E-state index in [4.69, 9.17) is 16.3 Å². The lowest BCUT2D eigenvalue weighted by Gasteiger charge is -2.19. The molecule has 1 atom stereocenters. The van der Waals surface area contributed by atoms with Crippen LogP contribution in [0.2, 0.25) is 5.02 Å². The number of pyridine rings is 2. The summed E-state index contributed by atoms with van der Waals surface area (Å²) in [7, 11) is 1.60. The standard InChI is InChI=1S/C21H19ClFN3O3/c1-12(11-29-2)15-10-25-19(14-7-13(22)3-4-17(14)23)8-20(15)26-18-5-6-24-9-16(18)21(27)28/h3-10,12H,11H2,1-2H3,(H,27,28)(H,24,25,26). The second-order valence-electron chi connectivity index (χ2n) is 6.49. The number of carbonyl (C=O) groups is 1. The second kappa shape index (κ2) is 8.98. The number of methoxy groups -OCH3 is 1. The molecule has 1 unspecified atom stereocenters. The first kappa shape index (κ1) is 20.7. The van der Waals surface area contributed by atoms with Crippen LogP contribution in [-0.4, -0.2) is 34.8 Å². The number of carboxylic acids is 1. The van der Waals surface area contributed by atoms with Gasteiger partial charge >= 0.3 is 5.97 Å². The maximum atomic E-state index is 14.3. The van der Waals surface area contributed by atoms with E-state index in [0.717, 1.165) is 5.56 Å². The molecule has 2 N–H and O–H groups in total. The van der Waals surface area contributed by atoms with Gasteiger partial charge in [0.05, 0.1) is 18.0 Å². The van der Waals surface area contributed by atoms with E-state index < -0.39 is 11.8 Å². The lowest BCUT2D eigenvalue weighted by atomic mass is 9.99. The molecule has 0 aliphatic heterocycles. The van der Waals surface area contributed by atoms with Crippen molar-refractivity contribution in [3.8, 4) is 11.3 Å². The van der Waals surface area contributed by atoms with Crippen molar-refractivity contribution in [2.24, 2.45) is 0 Å². The minimum atomic E-state index is -1.11. The molecule has 0 spiro atoms. The van der Waals surface area contributed by atoms with Crippen molar-refractivity contribution in [2.75, 3.05) is 19.0 Å². The predicted octanol–water partition coefficient (Wildman–Crippen LogP) is 5.13. The van der Waals surface area contributed by atoms with Gasteiger partial charge in [-0.2, -0.15) is 0 Å². The van der Waals surface area contributed by atoms with Crippen molar-refractivity contribution in [1.82, 2.24) is 9.97 Å². The largest absolute Gasteiger partial charge is 0.478 e. The van der Waals surface area contributed by atoms with Crippen molar-refractivity contribution in [3.63, 3.8) is 0 Å². The van der Waals surface area contributed by atoms with E-state index in [1.54, 1.807) is 25.4 Å². The van der Waals surface area contributed by atoms with Gasteiger partial charge in [0.15, 0.2) is 0 Å². The van der Waals surface area contributed by atoms with Gasteiger partial charge in [0.25, 0.3) is 0 Å². The van der Waals surface area contributed by atoms with E-state index in [-0.39, 0.29) is 17.0 Å². The number of anilines is 2. The van der Waals surface area contributed by atoms with Gasteiger partial charge in [0.1, 0.15) is 11.4 Å². The van der Waals surface area contributed by atoms with Crippen LogP contribution in [0, 0.1) is 5.82 Å². The first-order chi connectivity index (χ1) is 13.9. The van der Waals surface area contributed by atoms with Crippen molar-refractivity contribution in [3.05, 3.63) is 70.9 Å². The minimum absolute atomic E-state index is 0.0187. The molecule has 2 aromatic heterocycles. The third-order valence-electron chi connectivity index (χ3n) is 4.41. The molecule has 0 aliphatic carbocycles. The summed E-state index contributed by atoms with van der Waals surface area (Å²) in [4.78, 5) is 19.8. The number of aromatic nitrogens is 2. The molecule has 0 saturated carbocycles. The van der Waals surface area contributed by atoms with Gasteiger partial charge in [-0.3, -0.25) is 9.97 Å². The highest BCUT2D eigenvalue weighted by Crippen LogP contribution is 2.33. The van der Waals surface area contributed by atoms with E-state index in [9.17, 15) is 14.3 Å². The Kier molecular flexibility index (Phi) is 6.41. The number of aromatic carboxylic acids is 1. The van der Waals surface area contributed by atoms with Gasteiger partial charge in [-0.05, 0) is 35.9 Å². The average Bonchev–Trinajstić information content (AvgIpc) is 2.70. The fourth-order valence-electron chi connectivity index (χ4n) is 2.97. The van der Waals surface area contributed by atoms with Crippen LogP contribution in [-0.2, 0) is 4.74 Å². The highest BCUT2D eigenvalue weighted by Gasteiger charge is 2.17. The number of nitrogens with one attached hydrogen (secondary N) is 1. The Balaban J connectivity index is 2.11. The molecule has 1 aromatic carbocycles. The van der Waals surface area contributed by atoms with Gasteiger partial charge in [-0.15, -0.1) is 0 Å². The molecule has 6 nitrogen and oxygen atoms in total. The molecular weight excluding hydrogens is 397 g/mol. The Bertz CT molecular complexity index is 1050. The predicted molar refractivity (Wildman–Crippen MR) is 109 cm³/mol. The number of rotatable bonds is 7. The Morgan fingerprint density at radius 2 is 2.07 bits per heavy atom. The van der Waals surface area contributed by atoms with Gasteiger partial charge in [-0.1, -0.05) is 18.5 Å². The molecule has 8 heteroatoms. The lowest BCUT2D eigenvalue weighted by Crippen LogP contribution is -2.09. The molecule has 3 aromatic rings. The molecule has 3 rings (SSSR count). The van der Waals surface area contributed by atoms with Crippen LogP contribution in [0.1, 0.15) is 28.8 Å². The number of carboxylic acid groups (broad SMARTS) is 1. The van der Waals surface area contributed by atoms with Crippen molar-refractivity contribution < 1.29 is 19.0 Å². The summed E-state index contributed by atoms with van der Waals surface area (Å²) in [5.41, 5.74) is 2.39. The number of hydrogen-bond donors (Lipinski definition) is 2. The van der Waals surface area contributed by atoms with E-state index >= 15 is 0 Å². The summed E-state index contributed by atoms with van der Waals surface area (Å²) >= 11 is 6.02. The normalized spacial score (nSPS) is 11.9. The zero-order valence-electron chi connectivity index (χ0n) is 15.8. The summed E-state index contributed by atoms with van der Waals surface area (Å²) < 4.78 is 19.6. The van der Waals surface area contributed by atoms with Crippen molar-refractivity contribution in [1.29, 1.82) is 0 Å². The Labute approximate surface area is 172 Å². The molecule has 0 radical (unpaired) electrons. The SMILES string of the molecule is COCC(C)c1cnc(-c2cc(Cl)ccc2F)cc1Nc1ccncc1C(=O)O. The quantitative estimate of drug-likeness (QED) is 0.556. The summed E-state index contributed by atoms with van der Waals surface area (Å²) in [5, 5.41) is 12.9. The van der Waals surface area contributed by atoms with Crippen molar-refractivity contribution in [2.45, 2.75) is 12.8 Å². The monoisotopic (exact) mass is 415 g/mol. The van der Waals surface area contributed by atoms with Crippen LogP contribution in [0.4, 0.5) is 15.8 Å². The molecule has 2 heterocycles. The zero-order chi connectivity index (χ0) is 21.0. The molecular formula is C21H19ClFN3O3. The van der Waals surface area contributed by atoms with Crippen LogP contribution in [0.15, 0.2) is 48.9 Å². The van der Waals surface area contributed by atoms with E-state index in [1.165, 1.54) is 30.6 Å². The molecule has 0 saturated heterocycles. The van der Waals surface area contributed by atoms with Crippen LogP contribution in [0.5, 0.6) is 0 Å². The summed E-state index contributed by atoms with van der Waals surface area (Å²) in [6, 6.07) is 7.47. The van der Waals surface area contributed by atoms with Crippen LogP contribution in [0.3, 0.4) is 0 Å². The first-order valence-electron chi connectivity index (χ1n) is 8.79. The fourth-order valence-corrected chi connectivity index (χ4v) is 3.14. The summed E-state index contributed by atoms with van der Waals surface area (Å²) in [5.74, 6) is -1.61. The Morgan fingerprint density at radius 3 is 2.79 bits per heavy atom. The zero-order valence-corrected chi connectivity index (χ0v) is 16.6. The number of hydrogen-bond acceptors (Lipinski definition) is 5. The fraction of sp³-hybridized carbons (Fsp3) is 0.190. The van der Waals surface area contributed by atoms with Crippen LogP contribution >= 0.6 is 11.6 Å². The third kappa shape index (κ3) is 4.70. The van der Waals surface area contributed by atoms with Gasteiger partial charge in [0, 0.05) is 47.9 Å². The average molecular weight is 416 g/mol. The number of benzene rings is 1. The maximum absolute atomic E-state index is 14.3. The first-order valence-corrected chi connectivity index (χ1v) is 9.17. The minimum Gasteiger partial charge on any atom is -0.478 e. The lowest BCUT2D eigenvalue weighted by molar-refractivity contribution is 0.0697. The second-order valence-corrected chi connectivity index (χ2v) is 6.93. The highest BCUT2D eigenvalue weighted by atomic mass is 35.5.